The first kappa shape index (κ1) is 22.5. The van der Waals surface area contributed by atoms with E-state index in [-0.39, 0.29) is 23.8 Å². The molecule has 1 saturated carbocycles. The van der Waals surface area contributed by atoms with Crippen LogP contribution in [0.2, 0.25) is 0 Å². The van der Waals surface area contributed by atoms with Gasteiger partial charge in [-0.05, 0) is 74.8 Å². The second kappa shape index (κ2) is 9.85. The van der Waals surface area contributed by atoms with Crippen LogP contribution < -0.4 is 5.32 Å². The van der Waals surface area contributed by atoms with E-state index in [9.17, 15) is 9.59 Å². The number of hydrogen-bond acceptors (Lipinski definition) is 3. The molecule has 1 aliphatic carbocycles. The van der Waals surface area contributed by atoms with Crippen molar-refractivity contribution in [2.45, 2.75) is 64.8 Å². The molecule has 32 heavy (non-hydrogen) atoms. The van der Waals surface area contributed by atoms with Crippen LogP contribution >= 0.6 is 0 Å². The van der Waals surface area contributed by atoms with Gasteiger partial charge in [0.05, 0.1) is 5.41 Å². The quantitative estimate of drug-likeness (QED) is 0.723. The Kier molecular flexibility index (Phi) is 6.92. The maximum absolute atomic E-state index is 13.5. The maximum Gasteiger partial charge on any atom is 0.228 e. The third-order valence-electron chi connectivity index (χ3n) is 6.98. The predicted octanol–water partition coefficient (Wildman–Crippen LogP) is 4.61. The number of likely N-dealkylation sites (tertiary alicyclic amines) is 1. The van der Waals surface area contributed by atoms with Gasteiger partial charge >= 0.3 is 0 Å². The number of amides is 2. The average Bonchev–Trinajstić information content (AvgIpc) is 3.34. The third-order valence-corrected chi connectivity index (χ3v) is 6.98. The standard InChI is InChI=1S/C27H35N3O2/c1-20(2)29-26(32)27(13-6-16-30(19-27)25(31)23-8-3-4-9-23)18-21-7-5-10-24(17-21)22-11-14-28-15-12-22/h5,7,10-12,14-15,17,20,23H,3-4,6,8-9,13,16,18-19H2,1-2H3,(H,29,32)/t27-/m1/s1. The van der Waals surface area contributed by atoms with Crippen molar-refractivity contribution in [2.75, 3.05) is 13.1 Å². The Morgan fingerprint density at radius 1 is 1.09 bits per heavy atom. The minimum absolute atomic E-state index is 0.0726. The van der Waals surface area contributed by atoms with E-state index < -0.39 is 5.41 Å². The van der Waals surface area contributed by atoms with Crippen molar-refractivity contribution in [2.24, 2.45) is 11.3 Å². The van der Waals surface area contributed by atoms with Gasteiger partial charge in [-0.3, -0.25) is 14.6 Å². The Bertz CT molecular complexity index is 937. The summed E-state index contributed by atoms with van der Waals surface area (Å²) in [5, 5.41) is 3.16. The van der Waals surface area contributed by atoms with Gasteiger partial charge in [0.15, 0.2) is 0 Å². The van der Waals surface area contributed by atoms with Crippen molar-refractivity contribution >= 4 is 11.8 Å². The molecule has 2 fully saturated rings. The molecule has 1 aliphatic heterocycles. The fraction of sp³-hybridized carbons (Fsp3) is 0.519. The lowest BCUT2D eigenvalue weighted by Gasteiger charge is -2.43. The van der Waals surface area contributed by atoms with Crippen molar-refractivity contribution in [3.63, 3.8) is 0 Å². The first-order valence-corrected chi connectivity index (χ1v) is 12.1. The van der Waals surface area contributed by atoms with Crippen molar-refractivity contribution in [1.82, 2.24) is 15.2 Å². The summed E-state index contributed by atoms with van der Waals surface area (Å²) in [7, 11) is 0. The Balaban J connectivity index is 1.60. The molecule has 0 radical (unpaired) electrons. The van der Waals surface area contributed by atoms with Gasteiger partial charge < -0.3 is 10.2 Å². The monoisotopic (exact) mass is 433 g/mol. The number of carbonyl (C=O) groups is 2. The lowest BCUT2D eigenvalue weighted by molar-refractivity contribution is -0.144. The number of aromatic nitrogens is 1. The van der Waals surface area contributed by atoms with Gasteiger partial charge in [-0.1, -0.05) is 37.1 Å². The maximum atomic E-state index is 13.5. The molecule has 2 aliphatic rings. The van der Waals surface area contributed by atoms with Crippen molar-refractivity contribution in [3.05, 3.63) is 54.4 Å². The van der Waals surface area contributed by atoms with Crippen molar-refractivity contribution in [1.29, 1.82) is 0 Å². The predicted molar refractivity (Wildman–Crippen MR) is 127 cm³/mol. The minimum atomic E-state index is -0.590. The SMILES string of the molecule is CC(C)NC(=O)[C@@]1(Cc2cccc(-c3ccncc3)c2)CCCN(C(=O)C2CCCC2)C1. The van der Waals surface area contributed by atoms with E-state index in [1.165, 1.54) is 0 Å². The lowest BCUT2D eigenvalue weighted by atomic mass is 9.73. The molecule has 170 valence electrons. The molecule has 0 unspecified atom stereocenters. The molecule has 1 atom stereocenters. The van der Waals surface area contributed by atoms with Crippen molar-refractivity contribution < 1.29 is 9.59 Å². The third kappa shape index (κ3) is 5.03. The van der Waals surface area contributed by atoms with E-state index in [0.29, 0.717) is 13.0 Å². The van der Waals surface area contributed by atoms with Gasteiger partial charge in [-0.25, -0.2) is 0 Å². The molecule has 1 saturated heterocycles. The van der Waals surface area contributed by atoms with E-state index in [0.717, 1.165) is 61.8 Å². The summed E-state index contributed by atoms with van der Waals surface area (Å²) in [4.78, 5) is 32.8. The second-order valence-corrected chi connectivity index (χ2v) is 9.87. The zero-order valence-corrected chi connectivity index (χ0v) is 19.3. The molecule has 5 heteroatoms. The number of piperidine rings is 1. The molecule has 4 rings (SSSR count). The summed E-state index contributed by atoms with van der Waals surface area (Å²) >= 11 is 0. The fourth-order valence-electron chi connectivity index (χ4n) is 5.37. The number of carbonyl (C=O) groups excluding carboxylic acids is 2. The smallest absolute Gasteiger partial charge is 0.228 e. The van der Waals surface area contributed by atoms with E-state index in [4.69, 9.17) is 0 Å². The molecule has 1 aromatic carbocycles. The van der Waals surface area contributed by atoms with Gasteiger partial charge in [-0.2, -0.15) is 0 Å². The highest BCUT2D eigenvalue weighted by Crippen LogP contribution is 2.37. The van der Waals surface area contributed by atoms with Crippen LogP contribution in [0.15, 0.2) is 48.8 Å². The highest BCUT2D eigenvalue weighted by molar-refractivity contribution is 5.86. The molecule has 2 amide bonds. The highest BCUT2D eigenvalue weighted by atomic mass is 16.2. The van der Waals surface area contributed by atoms with Gasteiger partial charge in [-0.15, -0.1) is 0 Å². The number of rotatable bonds is 6. The van der Waals surface area contributed by atoms with Crippen LogP contribution in [-0.4, -0.2) is 40.8 Å². The van der Waals surface area contributed by atoms with Gasteiger partial charge in [0.1, 0.15) is 0 Å². The lowest BCUT2D eigenvalue weighted by Crippen LogP contribution is -2.56. The summed E-state index contributed by atoms with van der Waals surface area (Å²) in [6.45, 7) is 5.28. The normalized spacial score (nSPS) is 21.7. The van der Waals surface area contributed by atoms with Crippen LogP contribution in [0.1, 0.15) is 57.9 Å². The Morgan fingerprint density at radius 2 is 1.84 bits per heavy atom. The van der Waals surface area contributed by atoms with Gasteiger partial charge in [0.25, 0.3) is 0 Å². The van der Waals surface area contributed by atoms with E-state index in [1.807, 2.05) is 30.9 Å². The van der Waals surface area contributed by atoms with Crippen LogP contribution in [0.5, 0.6) is 0 Å². The number of hydrogen-bond donors (Lipinski definition) is 1. The molecule has 1 N–H and O–H groups in total. The molecular weight excluding hydrogens is 398 g/mol. The Labute approximate surface area is 191 Å². The van der Waals surface area contributed by atoms with Crippen LogP contribution in [0.4, 0.5) is 0 Å². The molecule has 2 aromatic rings. The highest BCUT2D eigenvalue weighted by Gasteiger charge is 2.44. The van der Waals surface area contributed by atoms with E-state index >= 15 is 0 Å². The minimum Gasteiger partial charge on any atom is -0.353 e. The summed E-state index contributed by atoms with van der Waals surface area (Å²) < 4.78 is 0. The number of nitrogens with zero attached hydrogens (tertiary/aromatic N) is 2. The van der Waals surface area contributed by atoms with Crippen LogP contribution in [0.3, 0.4) is 0 Å². The number of pyridine rings is 1. The zero-order chi connectivity index (χ0) is 22.6. The first-order chi connectivity index (χ1) is 15.5. The van der Waals surface area contributed by atoms with E-state index in [1.54, 1.807) is 12.4 Å². The van der Waals surface area contributed by atoms with Gasteiger partial charge in [0.2, 0.25) is 11.8 Å². The summed E-state index contributed by atoms with van der Waals surface area (Å²) in [5.41, 5.74) is 2.78. The molecular formula is C27H35N3O2. The Hall–Kier alpha value is -2.69. The first-order valence-electron chi connectivity index (χ1n) is 12.1. The van der Waals surface area contributed by atoms with E-state index in [2.05, 4.69) is 34.6 Å². The molecule has 2 heterocycles. The molecule has 5 nitrogen and oxygen atoms in total. The summed E-state index contributed by atoms with van der Waals surface area (Å²) in [6, 6.07) is 12.5. The zero-order valence-electron chi connectivity index (χ0n) is 19.3. The van der Waals surface area contributed by atoms with Crippen LogP contribution in [0, 0.1) is 11.3 Å². The largest absolute Gasteiger partial charge is 0.353 e. The van der Waals surface area contributed by atoms with Crippen molar-refractivity contribution in [3.8, 4) is 11.1 Å². The van der Waals surface area contributed by atoms with Crippen LogP contribution in [0.25, 0.3) is 11.1 Å². The number of nitrogens with one attached hydrogen (secondary N) is 1. The van der Waals surface area contributed by atoms with Crippen LogP contribution in [-0.2, 0) is 16.0 Å². The topological polar surface area (TPSA) is 62.3 Å². The van der Waals surface area contributed by atoms with Gasteiger partial charge in [0, 0.05) is 37.4 Å². The fourth-order valence-corrected chi connectivity index (χ4v) is 5.37. The average molecular weight is 434 g/mol. The number of benzene rings is 1. The molecule has 0 spiro atoms. The summed E-state index contributed by atoms with van der Waals surface area (Å²) in [5.74, 6) is 0.481. The Morgan fingerprint density at radius 3 is 2.56 bits per heavy atom. The molecule has 0 bridgehead atoms. The second-order valence-electron chi connectivity index (χ2n) is 9.87. The summed E-state index contributed by atoms with van der Waals surface area (Å²) in [6.07, 6.45) is 10.2. The molecule has 1 aromatic heterocycles.